The van der Waals surface area contributed by atoms with Crippen LogP contribution >= 0.6 is 0 Å². The molecule has 3 nitrogen and oxygen atoms in total. The van der Waals surface area contributed by atoms with Crippen molar-refractivity contribution in [1.29, 1.82) is 0 Å². The summed E-state index contributed by atoms with van der Waals surface area (Å²) in [6.07, 6.45) is 0.484. The molecule has 1 radical (unpaired) electrons. The topological polar surface area (TPSA) is 51.2 Å². The van der Waals surface area contributed by atoms with E-state index >= 15 is 0 Å². The summed E-state index contributed by atoms with van der Waals surface area (Å²) in [5.74, 6) is 1.44. The minimum Gasteiger partial charge on any atom is -0.342 e. The van der Waals surface area contributed by atoms with Gasteiger partial charge in [0.2, 0.25) is 0 Å². The van der Waals surface area contributed by atoms with Crippen molar-refractivity contribution < 1.29 is 45.9 Å². The molecule has 0 aromatic rings. The Hall–Kier alpha value is 0.724. The maximum Gasteiger partial charge on any atom is 0.148 e. The summed E-state index contributed by atoms with van der Waals surface area (Å²) in [7, 11) is -3.07. The van der Waals surface area contributed by atoms with Gasteiger partial charge in [0, 0.05) is 50.3 Å². The van der Waals surface area contributed by atoms with Crippen molar-refractivity contribution in [2.24, 2.45) is 5.41 Å². The molecule has 0 amide bonds. The van der Waals surface area contributed by atoms with Crippen molar-refractivity contribution in [2.75, 3.05) is 11.5 Å². The van der Waals surface area contributed by atoms with E-state index in [9.17, 15) is 13.2 Å². The molecule has 0 saturated carbocycles. The van der Waals surface area contributed by atoms with Crippen LogP contribution in [0.5, 0.6) is 0 Å². The van der Waals surface area contributed by atoms with Gasteiger partial charge in [-0.25, -0.2) is 8.42 Å². The van der Waals surface area contributed by atoms with E-state index in [1.807, 2.05) is 0 Å². The summed E-state index contributed by atoms with van der Waals surface area (Å²) in [6.45, 7) is 15.1. The van der Waals surface area contributed by atoms with Gasteiger partial charge < -0.3 is 12.8 Å². The normalized spacial score (nSPS) is 11.4. The quantitative estimate of drug-likeness (QED) is 0.703. The van der Waals surface area contributed by atoms with Crippen LogP contribution in [0.1, 0.15) is 54.4 Å². The molecular weight excluding hydrogens is 337 g/mol. The minimum absolute atomic E-state index is 0. The van der Waals surface area contributed by atoms with E-state index in [2.05, 4.69) is 27.7 Å². The number of carbonyl (C=O) groups is 1. The molecule has 0 fully saturated rings. The maximum absolute atomic E-state index is 11.4. The number of hydrogen-bond donors (Lipinski definition) is 0. The van der Waals surface area contributed by atoms with Crippen LogP contribution in [-0.2, 0) is 47.3 Å². The molecule has 0 spiro atoms. The molecule has 0 aliphatic rings. The van der Waals surface area contributed by atoms with Crippen LogP contribution in [-0.4, -0.2) is 25.7 Å². The maximum atomic E-state index is 11.4. The third-order valence-corrected chi connectivity index (χ3v) is 3.67. The molecule has 0 saturated heterocycles. The van der Waals surface area contributed by atoms with E-state index in [0.717, 1.165) is 0 Å². The average molecular weight is 365 g/mol. The molecule has 0 atom stereocenters. The zero-order valence-electron chi connectivity index (χ0n) is 13.2. The standard InChI is InChI=1S/C10H19O3S.C4H9.Y/c1-5-7-14(12,13)8-6-9(11)10(2,3)4;1-4(2)3;/h1,5-8H2,2-4H3;1-3H3;/q2*-1;. The molecule has 0 N–H and O–H groups in total. The fraction of sp³-hybridized carbons (Fsp3) is 0.786. The Balaban J connectivity index is -0.000000448. The second-order valence-electron chi connectivity index (χ2n) is 5.93. The molecule has 0 aliphatic carbocycles. The smallest absolute Gasteiger partial charge is 0.148 e. The molecule has 19 heavy (non-hydrogen) atoms. The predicted molar refractivity (Wildman–Crippen MR) is 78.0 cm³/mol. The minimum atomic E-state index is -3.07. The summed E-state index contributed by atoms with van der Waals surface area (Å²) in [6, 6.07) is 0. The zero-order valence-corrected chi connectivity index (χ0v) is 16.9. The van der Waals surface area contributed by atoms with E-state index in [1.54, 1.807) is 20.8 Å². The van der Waals surface area contributed by atoms with Crippen LogP contribution in [0.25, 0.3) is 0 Å². The van der Waals surface area contributed by atoms with E-state index < -0.39 is 15.3 Å². The van der Waals surface area contributed by atoms with E-state index in [0.29, 0.717) is 6.42 Å². The first-order valence-corrected chi connectivity index (χ1v) is 8.04. The van der Waals surface area contributed by atoms with Gasteiger partial charge in [0.1, 0.15) is 15.6 Å². The Morgan fingerprint density at radius 2 is 1.47 bits per heavy atom. The molecule has 0 rings (SSSR count). The fourth-order valence-electron chi connectivity index (χ4n) is 0.945. The number of ketones is 1. The molecule has 113 valence electrons. The van der Waals surface area contributed by atoms with Crippen molar-refractivity contribution in [3.8, 4) is 0 Å². The summed E-state index contributed by atoms with van der Waals surface area (Å²) >= 11 is 0. The predicted octanol–water partition coefficient (Wildman–Crippen LogP) is 3.25. The Bertz CT molecular complexity index is 324. The van der Waals surface area contributed by atoms with Gasteiger partial charge in [-0.15, -0.1) is 0 Å². The zero-order chi connectivity index (χ0) is 15.0. The van der Waals surface area contributed by atoms with Crippen LogP contribution in [0.3, 0.4) is 0 Å². The second-order valence-corrected chi connectivity index (χ2v) is 8.23. The monoisotopic (exact) mass is 365 g/mol. The Morgan fingerprint density at radius 1 is 1.11 bits per heavy atom. The number of carbonyl (C=O) groups excluding carboxylic acids is 1. The molecular formula is C14H28O3SY-2. The van der Waals surface area contributed by atoms with Crippen LogP contribution < -0.4 is 0 Å². The molecule has 0 aromatic carbocycles. The molecule has 0 aliphatic heterocycles. The third-order valence-electron chi connectivity index (χ3n) is 1.93. The summed E-state index contributed by atoms with van der Waals surface area (Å²) in [4.78, 5) is 11.4. The van der Waals surface area contributed by atoms with Gasteiger partial charge in [-0.3, -0.25) is 4.79 Å². The van der Waals surface area contributed by atoms with Gasteiger partial charge >= 0.3 is 0 Å². The largest absolute Gasteiger partial charge is 0.342 e. The Kier molecular flexibility index (Phi) is 14.8. The number of sulfone groups is 1. The fourth-order valence-corrected chi connectivity index (χ4v) is 2.09. The summed E-state index contributed by atoms with van der Waals surface area (Å²) in [5.41, 5.74) is -0.444. The van der Waals surface area contributed by atoms with Gasteiger partial charge in [-0.1, -0.05) is 20.8 Å². The number of rotatable bonds is 5. The molecule has 0 bridgehead atoms. The van der Waals surface area contributed by atoms with Crippen molar-refractivity contribution in [1.82, 2.24) is 0 Å². The molecule has 0 heterocycles. The van der Waals surface area contributed by atoms with Gasteiger partial charge in [0.15, 0.2) is 0 Å². The first-order valence-electron chi connectivity index (χ1n) is 6.22. The first kappa shape index (κ1) is 24.7. The van der Waals surface area contributed by atoms with Crippen LogP contribution in [0.15, 0.2) is 0 Å². The van der Waals surface area contributed by atoms with Crippen molar-refractivity contribution in [2.45, 2.75) is 54.4 Å². The number of hydrogen-bond acceptors (Lipinski definition) is 3. The molecule has 0 unspecified atom stereocenters. The molecule has 5 heteroatoms. The first-order chi connectivity index (χ1) is 7.92. The summed E-state index contributed by atoms with van der Waals surface area (Å²) < 4.78 is 22.5. The average Bonchev–Trinajstić information content (AvgIpc) is 2.11. The van der Waals surface area contributed by atoms with Gasteiger partial charge in [0.25, 0.3) is 0 Å². The summed E-state index contributed by atoms with van der Waals surface area (Å²) in [5, 5.41) is 0. The SMILES string of the molecule is C[C-](C)C.[CH2-]CCS(=O)(=O)CCC(=O)C(C)(C)C.[Y]. The molecule has 0 aromatic heterocycles. The van der Waals surface area contributed by atoms with Crippen LogP contribution in [0, 0.1) is 18.3 Å². The Morgan fingerprint density at radius 3 is 1.74 bits per heavy atom. The second kappa shape index (κ2) is 11.4. The van der Waals surface area contributed by atoms with E-state index in [-0.39, 0.29) is 56.4 Å². The van der Waals surface area contributed by atoms with E-state index in [4.69, 9.17) is 0 Å². The van der Waals surface area contributed by atoms with E-state index in [1.165, 1.54) is 5.92 Å². The van der Waals surface area contributed by atoms with Crippen molar-refractivity contribution in [3.63, 3.8) is 0 Å². The van der Waals surface area contributed by atoms with Crippen molar-refractivity contribution in [3.05, 3.63) is 12.8 Å². The van der Waals surface area contributed by atoms with Gasteiger partial charge in [-0.05, 0) is 0 Å². The van der Waals surface area contributed by atoms with Gasteiger partial charge in [-0.2, -0.15) is 27.2 Å². The van der Waals surface area contributed by atoms with Crippen LogP contribution in [0.4, 0.5) is 0 Å². The van der Waals surface area contributed by atoms with Crippen LogP contribution in [0.2, 0.25) is 0 Å². The number of Topliss-reactive ketones (excluding diaryl/α,β-unsaturated/α-hetero) is 1. The van der Waals surface area contributed by atoms with Gasteiger partial charge in [0.05, 0.1) is 5.75 Å². The third kappa shape index (κ3) is 18.7. The Labute approximate surface area is 145 Å². The van der Waals surface area contributed by atoms with Crippen molar-refractivity contribution >= 4 is 15.6 Å².